The highest BCUT2D eigenvalue weighted by Gasteiger charge is 2.29. The van der Waals surface area contributed by atoms with Crippen LogP contribution in [-0.2, 0) is 14.6 Å². The van der Waals surface area contributed by atoms with E-state index in [1.165, 1.54) is 11.3 Å². The second-order valence-electron chi connectivity index (χ2n) is 5.96. The summed E-state index contributed by atoms with van der Waals surface area (Å²) in [6.45, 7) is 1.22. The van der Waals surface area contributed by atoms with E-state index >= 15 is 0 Å². The van der Waals surface area contributed by atoms with Gasteiger partial charge in [-0.2, -0.15) is 4.98 Å². The van der Waals surface area contributed by atoms with Gasteiger partial charge in [-0.15, -0.1) is 11.3 Å². The van der Waals surface area contributed by atoms with E-state index in [0.717, 1.165) is 24.3 Å². The van der Waals surface area contributed by atoms with Crippen molar-refractivity contribution in [2.45, 2.75) is 28.9 Å². The van der Waals surface area contributed by atoms with E-state index < -0.39 is 9.84 Å². The molecule has 0 saturated carbocycles. The molecule has 0 radical (unpaired) electrons. The molecule has 1 N–H and O–H groups in total. The van der Waals surface area contributed by atoms with E-state index in [9.17, 15) is 8.42 Å². The number of benzene rings is 1. The molecule has 6 nitrogen and oxygen atoms in total. The Hall–Kier alpha value is -2.16. The maximum absolute atomic E-state index is 13.0. The van der Waals surface area contributed by atoms with E-state index in [-0.39, 0.29) is 21.9 Å². The summed E-state index contributed by atoms with van der Waals surface area (Å²) < 4.78 is 37.5. The largest absolute Gasteiger partial charge is 0.418 e. The van der Waals surface area contributed by atoms with Gasteiger partial charge < -0.3 is 14.5 Å². The van der Waals surface area contributed by atoms with Gasteiger partial charge in [0, 0.05) is 13.2 Å². The number of ether oxygens (including phenoxy) is 1. The molecule has 3 aromatic rings. The van der Waals surface area contributed by atoms with Crippen molar-refractivity contribution >= 4 is 27.1 Å². The number of sulfone groups is 1. The lowest BCUT2D eigenvalue weighted by Gasteiger charge is -2.10. The fourth-order valence-electron chi connectivity index (χ4n) is 2.83. The summed E-state index contributed by atoms with van der Waals surface area (Å²) in [5.74, 6) is 0.456. The zero-order valence-corrected chi connectivity index (χ0v) is 15.6. The van der Waals surface area contributed by atoms with Gasteiger partial charge in [0.2, 0.25) is 26.6 Å². The number of aromatic nitrogens is 1. The van der Waals surface area contributed by atoms with Gasteiger partial charge in [-0.3, -0.25) is 0 Å². The van der Waals surface area contributed by atoms with Crippen LogP contribution in [0.3, 0.4) is 0 Å². The SMILES string of the molecule is O=S(=O)(c1ccccc1)c1nc(-c2cccs2)oc1NC[C@H]1CCCO1. The van der Waals surface area contributed by atoms with E-state index in [0.29, 0.717) is 12.4 Å². The van der Waals surface area contributed by atoms with E-state index in [1.807, 2.05) is 17.5 Å². The minimum Gasteiger partial charge on any atom is -0.418 e. The third-order valence-corrected chi connectivity index (χ3v) is 6.69. The van der Waals surface area contributed by atoms with Crippen molar-refractivity contribution in [1.82, 2.24) is 4.98 Å². The van der Waals surface area contributed by atoms with Crippen LogP contribution in [0.5, 0.6) is 0 Å². The summed E-state index contributed by atoms with van der Waals surface area (Å²) in [6.07, 6.45) is 2.01. The molecule has 1 aliphatic rings. The van der Waals surface area contributed by atoms with Crippen LogP contribution in [-0.4, -0.2) is 32.7 Å². The van der Waals surface area contributed by atoms with E-state index in [4.69, 9.17) is 9.15 Å². The number of thiophene rings is 1. The standard InChI is InChI=1S/C18H18N2O4S2/c21-26(22,14-7-2-1-3-8-14)18-17(19-12-13-6-4-10-23-13)24-16(20-18)15-9-5-11-25-15/h1-3,5,7-9,11,13,19H,4,6,10,12H2/t13-/m1/s1. The lowest BCUT2D eigenvalue weighted by Crippen LogP contribution is -2.19. The number of nitrogens with zero attached hydrogens (tertiary/aromatic N) is 1. The molecule has 1 fully saturated rings. The van der Waals surface area contributed by atoms with Gasteiger partial charge in [0.25, 0.3) is 0 Å². The molecular formula is C18H18N2O4S2. The third-order valence-electron chi connectivity index (χ3n) is 4.15. The summed E-state index contributed by atoms with van der Waals surface area (Å²) in [6, 6.07) is 12.0. The van der Waals surface area contributed by atoms with Gasteiger partial charge in [0.15, 0.2) is 0 Å². The maximum atomic E-state index is 13.0. The lowest BCUT2D eigenvalue weighted by atomic mass is 10.2. The number of anilines is 1. The normalized spacial score (nSPS) is 17.5. The number of oxazole rings is 1. The molecule has 1 saturated heterocycles. The molecule has 1 aliphatic heterocycles. The summed E-state index contributed by atoms with van der Waals surface area (Å²) in [7, 11) is -3.79. The lowest BCUT2D eigenvalue weighted by molar-refractivity contribution is 0.120. The van der Waals surface area contributed by atoms with Crippen LogP contribution in [0.25, 0.3) is 10.8 Å². The molecule has 0 unspecified atom stereocenters. The van der Waals surface area contributed by atoms with E-state index in [1.54, 1.807) is 30.3 Å². The average Bonchev–Trinajstić information content (AvgIpc) is 3.41. The predicted molar refractivity (Wildman–Crippen MR) is 99.2 cm³/mol. The molecule has 1 atom stereocenters. The van der Waals surface area contributed by atoms with Crippen LogP contribution in [0.1, 0.15) is 12.8 Å². The van der Waals surface area contributed by atoms with Gasteiger partial charge >= 0.3 is 0 Å². The second kappa shape index (κ2) is 7.22. The Kier molecular flexibility index (Phi) is 4.80. The molecule has 0 bridgehead atoms. The maximum Gasteiger partial charge on any atom is 0.240 e. The van der Waals surface area contributed by atoms with Crippen molar-refractivity contribution in [2.75, 3.05) is 18.5 Å². The van der Waals surface area contributed by atoms with Crippen molar-refractivity contribution in [1.29, 1.82) is 0 Å². The summed E-state index contributed by atoms with van der Waals surface area (Å²) in [5, 5.41) is 4.89. The van der Waals surface area contributed by atoms with Crippen molar-refractivity contribution < 1.29 is 17.6 Å². The van der Waals surface area contributed by atoms with Crippen LogP contribution in [0.15, 0.2) is 62.2 Å². The second-order valence-corrected chi connectivity index (χ2v) is 8.78. The third kappa shape index (κ3) is 3.40. The molecule has 0 spiro atoms. The Bertz CT molecular complexity index is 960. The van der Waals surface area contributed by atoms with Gasteiger partial charge in [-0.05, 0) is 36.4 Å². The first-order valence-electron chi connectivity index (χ1n) is 8.35. The fraction of sp³-hybridized carbons (Fsp3) is 0.278. The molecule has 136 valence electrons. The van der Waals surface area contributed by atoms with Crippen LogP contribution in [0.2, 0.25) is 0 Å². The Balaban J connectivity index is 1.71. The van der Waals surface area contributed by atoms with Gasteiger partial charge in [-0.1, -0.05) is 24.3 Å². The minimum atomic E-state index is -3.79. The summed E-state index contributed by atoms with van der Waals surface area (Å²) >= 11 is 1.44. The first kappa shape index (κ1) is 17.3. The van der Waals surface area contributed by atoms with Crippen molar-refractivity contribution in [3.05, 3.63) is 47.8 Å². The molecule has 1 aromatic carbocycles. The molecule has 0 amide bonds. The van der Waals surface area contributed by atoms with Gasteiger partial charge in [-0.25, -0.2) is 8.42 Å². The predicted octanol–water partition coefficient (Wildman–Crippen LogP) is 3.83. The fourth-order valence-corrected chi connectivity index (χ4v) is 4.78. The summed E-state index contributed by atoms with van der Waals surface area (Å²) in [4.78, 5) is 5.26. The van der Waals surface area contributed by atoms with Crippen LogP contribution < -0.4 is 5.32 Å². The molecule has 4 rings (SSSR count). The van der Waals surface area contributed by atoms with Crippen LogP contribution >= 0.6 is 11.3 Å². The molecule has 8 heteroatoms. The molecule has 2 aromatic heterocycles. The van der Waals surface area contributed by atoms with Gasteiger partial charge in [0.1, 0.15) is 0 Å². The van der Waals surface area contributed by atoms with Gasteiger partial charge in [0.05, 0.1) is 15.9 Å². The van der Waals surface area contributed by atoms with Crippen LogP contribution in [0, 0.1) is 0 Å². The number of rotatable bonds is 6. The van der Waals surface area contributed by atoms with Crippen LogP contribution in [0.4, 0.5) is 5.88 Å². The number of hydrogen-bond donors (Lipinski definition) is 1. The smallest absolute Gasteiger partial charge is 0.240 e. The van der Waals surface area contributed by atoms with Crippen molar-refractivity contribution in [3.63, 3.8) is 0 Å². The molecule has 0 aliphatic carbocycles. The highest BCUT2D eigenvalue weighted by Crippen LogP contribution is 2.34. The number of nitrogens with one attached hydrogen (secondary N) is 1. The highest BCUT2D eigenvalue weighted by molar-refractivity contribution is 7.91. The Morgan fingerprint density at radius 2 is 2.04 bits per heavy atom. The molecule has 26 heavy (non-hydrogen) atoms. The first-order valence-corrected chi connectivity index (χ1v) is 10.7. The van der Waals surface area contributed by atoms with Crippen molar-refractivity contribution in [2.24, 2.45) is 0 Å². The zero-order chi connectivity index (χ0) is 18.0. The van der Waals surface area contributed by atoms with E-state index in [2.05, 4.69) is 10.3 Å². The Labute approximate surface area is 155 Å². The molecule has 3 heterocycles. The van der Waals surface area contributed by atoms with Crippen molar-refractivity contribution in [3.8, 4) is 10.8 Å². The Morgan fingerprint density at radius 1 is 1.19 bits per heavy atom. The Morgan fingerprint density at radius 3 is 2.73 bits per heavy atom. The zero-order valence-electron chi connectivity index (χ0n) is 13.9. The average molecular weight is 390 g/mol. The summed E-state index contributed by atoms with van der Waals surface area (Å²) in [5.41, 5.74) is 0. The number of hydrogen-bond acceptors (Lipinski definition) is 7. The first-order chi connectivity index (χ1) is 12.6. The topological polar surface area (TPSA) is 81.4 Å². The molecular weight excluding hydrogens is 372 g/mol. The highest BCUT2D eigenvalue weighted by atomic mass is 32.2. The quantitative estimate of drug-likeness (QED) is 0.689. The minimum absolute atomic E-state index is 0.0533. The monoisotopic (exact) mass is 390 g/mol.